The zero-order chi connectivity index (χ0) is 15.0. The van der Waals surface area contributed by atoms with E-state index in [4.69, 9.17) is 16.7 Å². The fourth-order valence-electron chi connectivity index (χ4n) is 2.19. The molecule has 0 saturated heterocycles. The molecule has 21 heavy (non-hydrogen) atoms. The van der Waals surface area contributed by atoms with Gasteiger partial charge in [-0.15, -0.1) is 0 Å². The van der Waals surface area contributed by atoms with E-state index in [0.717, 1.165) is 5.56 Å². The van der Waals surface area contributed by atoms with Gasteiger partial charge in [-0.25, -0.2) is 4.79 Å². The van der Waals surface area contributed by atoms with Crippen LogP contribution in [0.4, 0.5) is 5.69 Å². The summed E-state index contributed by atoms with van der Waals surface area (Å²) >= 11 is 5.83. The topological polar surface area (TPSA) is 66.4 Å². The van der Waals surface area contributed by atoms with E-state index >= 15 is 0 Å². The van der Waals surface area contributed by atoms with E-state index in [2.05, 4.69) is 5.32 Å². The molecule has 1 heterocycles. The average Bonchev–Trinajstić information content (AvgIpc) is 2.77. The summed E-state index contributed by atoms with van der Waals surface area (Å²) in [5.41, 5.74) is 2.61. The van der Waals surface area contributed by atoms with Gasteiger partial charge in [-0.2, -0.15) is 0 Å². The molecule has 104 valence electrons. The highest BCUT2D eigenvalue weighted by Gasteiger charge is 2.25. The zero-order valence-corrected chi connectivity index (χ0v) is 11.5. The molecule has 0 saturated carbocycles. The number of rotatable bonds is 2. The second-order valence-electron chi connectivity index (χ2n) is 4.63. The van der Waals surface area contributed by atoms with Crippen molar-refractivity contribution in [3.05, 3.63) is 64.2 Å². The first-order chi connectivity index (χ1) is 10.0. The van der Waals surface area contributed by atoms with Crippen molar-refractivity contribution >= 4 is 40.8 Å². The van der Waals surface area contributed by atoms with Gasteiger partial charge in [-0.1, -0.05) is 23.7 Å². The van der Waals surface area contributed by atoms with E-state index in [1.807, 2.05) is 0 Å². The van der Waals surface area contributed by atoms with Crippen molar-refractivity contribution < 1.29 is 14.7 Å². The predicted molar refractivity (Wildman–Crippen MR) is 81.4 cm³/mol. The second kappa shape index (κ2) is 5.07. The monoisotopic (exact) mass is 299 g/mol. The Morgan fingerprint density at radius 1 is 1.14 bits per heavy atom. The van der Waals surface area contributed by atoms with Crippen LogP contribution in [0.5, 0.6) is 0 Å². The first-order valence-corrected chi connectivity index (χ1v) is 6.59. The number of carboxylic acids is 1. The summed E-state index contributed by atoms with van der Waals surface area (Å²) in [4.78, 5) is 23.1. The number of carbonyl (C=O) groups is 2. The number of halogens is 1. The molecule has 3 rings (SSSR count). The minimum Gasteiger partial charge on any atom is -0.478 e. The number of aromatic carboxylic acids is 1. The lowest BCUT2D eigenvalue weighted by molar-refractivity contribution is -0.110. The van der Waals surface area contributed by atoms with Crippen LogP contribution in [-0.4, -0.2) is 17.0 Å². The Bertz CT molecular complexity index is 779. The molecule has 2 aromatic rings. The Labute approximate surface area is 125 Å². The van der Waals surface area contributed by atoms with Gasteiger partial charge in [-0.05, 0) is 42.0 Å². The highest BCUT2D eigenvalue weighted by molar-refractivity contribution is 6.35. The number of benzene rings is 2. The standard InChI is InChI=1S/C16H10ClNO3/c17-11-4-1-9(2-5-11)7-13-12-8-10(16(20)21)3-6-14(12)18-15(13)19/h1-8H,(H,18,19)(H,20,21)/b13-7+. The smallest absolute Gasteiger partial charge is 0.335 e. The molecule has 2 aromatic carbocycles. The number of anilines is 1. The average molecular weight is 300 g/mol. The molecule has 1 aliphatic rings. The fourth-order valence-corrected chi connectivity index (χ4v) is 2.32. The van der Waals surface area contributed by atoms with Crippen molar-refractivity contribution in [1.29, 1.82) is 0 Å². The van der Waals surface area contributed by atoms with E-state index in [1.54, 1.807) is 36.4 Å². The van der Waals surface area contributed by atoms with Gasteiger partial charge >= 0.3 is 5.97 Å². The molecule has 4 nitrogen and oxygen atoms in total. The number of hydrogen-bond donors (Lipinski definition) is 2. The van der Waals surface area contributed by atoms with Crippen molar-refractivity contribution in [2.45, 2.75) is 0 Å². The molecule has 0 aliphatic carbocycles. The molecule has 1 aliphatic heterocycles. The SMILES string of the molecule is O=C1Nc2ccc(C(=O)O)cc2/C1=C\c1ccc(Cl)cc1. The van der Waals surface area contributed by atoms with Crippen LogP contribution in [0.2, 0.25) is 5.02 Å². The molecule has 0 unspecified atom stereocenters. The summed E-state index contributed by atoms with van der Waals surface area (Å²) in [6, 6.07) is 11.6. The summed E-state index contributed by atoms with van der Waals surface area (Å²) < 4.78 is 0. The number of carbonyl (C=O) groups excluding carboxylic acids is 1. The third-order valence-corrected chi connectivity index (χ3v) is 3.48. The van der Waals surface area contributed by atoms with Gasteiger partial charge in [0, 0.05) is 21.8 Å². The van der Waals surface area contributed by atoms with Crippen molar-refractivity contribution in [3.8, 4) is 0 Å². The lowest BCUT2D eigenvalue weighted by Crippen LogP contribution is -2.03. The minimum atomic E-state index is -1.03. The Morgan fingerprint density at radius 3 is 2.52 bits per heavy atom. The predicted octanol–water partition coefficient (Wildman–Crippen LogP) is 3.53. The van der Waals surface area contributed by atoms with Gasteiger partial charge < -0.3 is 10.4 Å². The molecule has 0 fully saturated rings. The lowest BCUT2D eigenvalue weighted by atomic mass is 10.0. The number of amides is 1. The van der Waals surface area contributed by atoms with Crippen molar-refractivity contribution in [2.24, 2.45) is 0 Å². The molecule has 0 radical (unpaired) electrons. The van der Waals surface area contributed by atoms with E-state index in [0.29, 0.717) is 21.8 Å². The summed E-state index contributed by atoms with van der Waals surface area (Å²) in [5, 5.41) is 12.4. The summed E-state index contributed by atoms with van der Waals surface area (Å²) in [7, 11) is 0. The van der Waals surface area contributed by atoms with E-state index in [9.17, 15) is 9.59 Å². The molecule has 0 aromatic heterocycles. The molecule has 0 atom stereocenters. The van der Waals surface area contributed by atoms with Crippen LogP contribution in [0.15, 0.2) is 42.5 Å². The van der Waals surface area contributed by atoms with Crippen molar-refractivity contribution in [3.63, 3.8) is 0 Å². The normalized spacial score (nSPS) is 14.9. The van der Waals surface area contributed by atoms with Crippen LogP contribution in [0.25, 0.3) is 11.6 Å². The number of carboxylic acid groups (broad SMARTS) is 1. The summed E-state index contributed by atoms with van der Waals surface area (Å²) in [6.07, 6.45) is 1.71. The third-order valence-electron chi connectivity index (χ3n) is 3.23. The number of nitrogens with one attached hydrogen (secondary N) is 1. The molecular formula is C16H10ClNO3. The summed E-state index contributed by atoms with van der Waals surface area (Å²) in [5.74, 6) is -1.27. The van der Waals surface area contributed by atoms with Crippen LogP contribution >= 0.6 is 11.6 Å². The quantitative estimate of drug-likeness (QED) is 0.834. The highest BCUT2D eigenvalue weighted by Crippen LogP contribution is 2.33. The van der Waals surface area contributed by atoms with E-state index in [-0.39, 0.29) is 11.5 Å². The minimum absolute atomic E-state index is 0.146. The largest absolute Gasteiger partial charge is 0.478 e. The van der Waals surface area contributed by atoms with Crippen molar-refractivity contribution in [1.82, 2.24) is 0 Å². The molecule has 5 heteroatoms. The maximum atomic E-state index is 12.0. The van der Waals surface area contributed by atoms with Gasteiger partial charge in [0.1, 0.15) is 0 Å². The Kier molecular flexibility index (Phi) is 3.23. The molecule has 1 amide bonds. The van der Waals surface area contributed by atoms with Gasteiger partial charge in [0.15, 0.2) is 0 Å². The molecule has 0 bridgehead atoms. The van der Waals surface area contributed by atoms with E-state index in [1.165, 1.54) is 12.1 Å². The number of hydrogen-bond acceptors (Lipinski definition) is 2. The van der Waals surface area contributed by atoms with Gasteiger partial charge in [-0.3, -0.25) is 4.79 Å². The summed E-state index contributed by atoms with van der Waals surface area (Å²) in [6.45, 7) is 0. The Morgan fingerprint density at radius 2 is 1.86 bits per heavy atom. The van der Waals surface area contributed by atoms with Crippen LogP contribution in [0.3, 0.4) is 0 Å². The van der Waals surface area contributed by atoms with Crippen LogP contribution < -0.4 is 5.32 Å². The first kappa shape index (κ1) is 13.4. The zero-order valence-electron chi connectivity index (χ0n) is 10.8. The van der Waals surface area contributed by atoms with Gasteiger partial charge in [0.2, 0.25) is 0 Å². The fraction of sp³-hybridized carbons (Fsp3) is 0. The molecule has 0 spiro atoms. The third kappa shape index (κ3) is 2.53. The van der Waals surface area contributed by atoms with E-state index < -0.39 is 5.97 Å². The Hall–Kier alpha value is -2.59. The van der Waals surface area contributed by atoms with Gasteiger partial charge in [0.25, 0.3) is 5.91 Å². The molecule has 2 N–H and O–H groups in total. The van der Waals surface area contributed by atoms with Crippen molar-refractivity contribution in [2.75, 3.05) is 5.32 Å². The van der Waals surface area contributed by atoms with Gasteiger partial charge in [0.05, 0.1) is 5.56 Å². The maximum Gasteiger partial charge on any atom is 0.335 e. The highest BCUT2D eigenvalue weighted by atomic mass is 35.5. The van der Waals surface area contributed by atoms with Crippen LogP contribution in [0, 0.1) is 0 Å². The first-order valence-electron chi connectivity index (χ1n) is 6.21. The second-order valence-corrected chi connectivity index (χ2v) is 5.07. The van der Waals surface area contributed by atoms with Crippen LogP contribution in [0.1, 0.15) is 21.5 Å². The maximum absolute atomic E-state index is 12.0. The lowest BCUT2D eigenvalue weighted by Gasteiger charge is -2.01. The van der Waals surface area contributed by atoms with Crippen LogP contribution in [-0.2, 0) is 4.79 Å². The number of fused-ring (bicyclic) bond motifs is 1. The molecular weight excluding hydrogens is 290 g/mol. The Balaban J connectivity index is 2.09.